The van der Waals surface area contributed by atoms with E-state index >= 15 is 0 Å². The van der Waals surface area contributed by atoms with Gasteiger partial charge in [0.05, 0.1) is 28.4 Å². The van der Waals surface area contributed by atoms with Crippen LogP contribution < -0.4 is 23.7 Å². The van der Waals surface area contributed by atoms with Crippen molar-refractivity contribution in [3.05, 3.63) is 59.0 Å². The average molecular weight is 441 g/mol. The smallest absolute Gasteiger partial charge is 0.298 e. The normalized spacial score (nSPS) is 11.1. The van der Waals surface area contributed by atoms with Crippen LogP contribution in [0.15, 0.2) is 48.5 Å². The fraction of sp³-hybridized carbons (Fsp3) is 0.208. The molecule has 0 N–H and O–H groups in total. The van der Waals surface area contributed by atoms with Gasteiger partial charge in [0, 0.05) is 21.4 Å². The highest BCUT2D eigenvalue weighted by atomic mass is 32.1. The second kappa shape index (κ2) is 10.0. The highest BCUT2D eigenvalue weighted by Crippen LogP contribution is 2.44. The zero-order valence-electron chi connectivity index (χ0n) is 18.1. The van der Waals surface area contributed by atoms with Crippen molar-refractivity contribution in [1.82, 2.24) is 0 Å². The lowest BCUT2D eigenvalue weighted by atomic mass is 10.0. The summed E-state index contributed by atoms with van der Waals surface area (Å²) in [7, 11) is 6.34. The van der Waals surface area contributed by atoms with Gasteiger partial charge >= 0.3 is 0 Å². The first kappa shape index (κ1) is 22.2. The lowest BCUT2D eigenvalue weighted by Gasteiger charge is -2.13. The highest BCUT2D eigenvalue weighted by molar-refractivity contribution is 7.16. The zero-order valence-corrected chi connectivity index (χ0v) is 18.9. The quantitative estimate of drug-likeness (QED) is 0.413. The van der Waals surface area contributed by atoms with Crippen molar-refractivity contribution in [1.29, 1.82) is 0 Å². The lowest BCUT2D eigenvalue weighted by molar-refractivity contribution is -0.120. The van der Waals surface area contributed by atoms with E-state index in [9.17, 15) is 4.79 Å². The lowest BCUT2D eigenvalue weighted by Crippen LogP contribution is -1.96. The minimum absolute atomic E-state index is 0.418. The number of allylic oxidation sites excluding steroid dienone is 1. The summed E-state index contributed by atoms with van der Waals surface area (Å²) < 4.78 is 26.8. The first-order chi connectivity index (χ1) is 15.1. The maximum absolute atomic E-state index is 11.0. The number of benzene rings is 2. The van der Waals surface area contributed by atoms with Gasteiger partial charge in [-0.2, -0.15) is 0 Å². The van der Waals surface area contributed by atoms with Crippen LogP contribution in [0.25, 0.3) is 16.0 Å². The Bertz CT molecular complexity index is 1070. The first-order valence-corrected chi connectivity index (χ1v) is 10.3. The van der Waals surface area contributed by atoms with Crippen LogP contribution in [0.4, 0.5) is 0 Å². The molecule has 0 aliphatic carbocycles. The minimum Gasteiger partial charge on any atom is -0.497 e. The molecule has 0 bridgehead atoms. The van der Waals surface area contributed by atoms with Crippen molar-refractivity contribution < 1.29 is 28.5 Å². The van der Waals surface area contributed by atoms with Gasteiger partial charge in [0.25, 0.3) is 6.47 Å². The number of hydrogen-bond acceptors (Lipinski definition) is 7. The molecule has 1 heterocycles. The van der Waals surface area contributed by atoms with Crippen LogP contribution in [0, 0.1) is 0 Å². The molecule has 0 saturated heterocycles. The van der Waals surface area contributed by atoms with E-state index in [-0.39, 0.29) is 0 Å². The molecule has 162 valence electrons. The van der Waals surface area contributed by atoms with Crippen molar-refractivity contribution >= 4 is 23.4 Å². The topological polar surface area (TPSA) is 63.2 Å². The third kappa shape index (κ3) is 4.51. The monoisotopic (exact) mass is 440 g/mol. The van der Waals surface area contributed by atoms with Gasteiger partial charge in [0.15, 0.2) is 11.5 Å². The summed E-state index contributed by atoms with van der Waals surface area (Å²) in [6.45, 7) is 2.37. The van der Waals surface area contributed by atoms with Crippen LogP contribution in [0.2, 0.25) is 0 Å². The van der Waals surface area contributed by atoms with E-state index in [2.05, 4.69) is 0 Å². The number of ether oxygens (including phenoxy) is 5. The maximum Gasteiger partial charge on any atom is 0.298 e. The standard InChI is InChI=1S/C24H24O6S/c1-6-17(18-8-7-16(26-2)13-19(18)30-14-25)23-10-9-22(31-23)15-11-20(27-3)24(29-5)21(12-15)28-4/h6-14H,1-5H3/b17-6+. The number of carbonyl (C=O) groups is 1. The van der Waals surface area contributed by atoms with E-state index in [1.165, 1.54) is 0 Å². The molecule has 31 heavy (non-hydrogen) atoms. The molecule has 0 unspecified atom stereocenters. The molecule has 0 radical (unpaired) electrons. The van der Waals surface area contributed by atoms with E-state index in [1.54, 1.807) is 45.8 Å². The first-order valence-electron chi connectivity index (χ1n) is 9.45. The van der Waals surface area contributed by atoms with Gasteiger partial charge in [0.2, 0.25) is 5.75 Å². The molecule has 3 rings (SSSR count). The molecule has 0 amide bonds. The fourth-order valence-electron chi connectivity index (χ4n) is 3.29. The van der Waals surface area contributed by atoms with Gasteiger partial charge in [-0.25, -0.2) is 0 Å². The van der Waals surface area contributed by atoms with Crippen LogP contribution in [0.1, 0.15) is 17.4 Å². The Balaban J connectivity index is 2.05. The molecule has 6 nitrogen and oxygen atoms in total. The second-order valence-corrected chi connectivity index (χ2v) is 7.44. The summed E-state index contributed by atoms with van der Waals surface area (Å²) in [5, 5.41) is 0. The van der Waals surface area contributed by atoms with Crippen LogP contribution in [-0.4, -0.2) is 34.9 Å². The molecule has 0 fully saturated rings. The predicted octanol–water partition coefficient (Wildman–Crippen LogP) is 5.44. The van der Waals surface area contributed by atoms with Gasteiger partial charge in [-0.3, -0.25) is 4.79 Å². The number of thiophene rings is 1. The summed E-state index contributed by atoms with van der Waals surface area (Å²) in [5.41, 5.74) is 2.69. The van der Waals surface area contributed by atoms with Crippen molar-refractivity contribution in [3.63, 3.8) is 0 Å². The van der Waals surface area contributed by atoms with E-state index in [1.807, 2.05) is 49.4 Å². The van der Waals surface area contributed by atoms with Crippen LogP contribution in [-0.2, 0) is 4.79 Å². The average Bonchev–Trinajstić information content (AvgIpc) is 3.29. The SMILES string of the molecule is C/C=C(/c1ccc(-c2cc(OC)c(OC)c(OC)c2)s1)c1ccc(OC)cc1OC=O. The third-order valence-corrected chi connectivity index (χ3v) is 5.93. The van der Waals surface area contributed by atoms with Crippen molar-refractivity contribution in [2.45, 2.75) is 6.92 Å². The molecule has 1 aromatic heterocycles. The summed E-state index contributed by atoms with van der Waals surface area (Å²) in [6.07, 6.45) is 1.99. The number of rotatable bonds is 9. The highest BCUT2D eigenvalue weighted by Gasteiger charge is 2.18. The van der Waals surface area contributed by atoms with E-state index in [4.69, 9.17) is 23.7 Å². The van der Waals surface area contributed by atoms with Crippen molar-refractivity contribution in [2.75, 3.05) is 28.4 Å². The summed E-state index contributed by atoms with van der Waals surface area (Å²) >= 11 is 1.61. The Morgan fingerprint density at radius 3 is 2.10 bits per heavy atom. The van der Waals surface area contributed by atoms with Crippen LogP contribution >= 0.6 is 11.3 Å². The summed E-state index contributed by atoms with van der Waals surface area (Å²) in [6, 6.07) is 13.3. The second-order valence-electron chi connectivity index (χ2n) is 6.36. The summed E-state index contributed by atoms with van der Waals surface area (Å²) in [5.74, 6) is 2.78. The Kier molecular flexibility index (Phi) is 7.20. The van der Waals surface area contributed by atoms with Gasteiger partial charge in [-0.1, -0.05) is 6.08 Å². The predicted molar refractivity (Wildman–Crippen MR) is 122 cm³/mol. The molecule has 2 aromatic carbocycles. The van der Waals surface area contributed by atoms with Crippen LogP contribution in [0.5, 0.6) is 28.7 Å². The Labute approximate surface area is 185 Å². The van der Waals surface area contributed by atoms with E-state index in [0.717, 1.165) is 26.5 Å². The Morgan fingerprint density at radius 2 is 1.55 bits per heavy atom. The minimum atomic E-state index is 0.418. The van der Waals surface area contributed by atoms with Gasteiger partial charge in [-0.05, 0) is 54.5 Å². The fourth-order valence-corrected chi connectivity index (χ4v) is 4.38. The van der Waals surface area contributed by atoms with Crippen molar-refractivity contribution in [2.24, 2.45) is 0 Å². The number of carbonyl (C=O) groups excluding carboxylic acids is 1. The summed E-state index contributed by atoms with van der Waals surface area (Å²) in [4.78, 5) is 13.1. The third-order valence-electron chi connectivity index (χ3n) is 4.76. The van der Waals surface area contributed by atoms with Gasteiger partial charge < -0.3 is 23.7 Å². The maximum atomic E-state index is 11.0. The largest absolute Gasteiger partial charge is 0.497 e. The van der Waals surface area contributed by atoms with E-state index in [0.29, 0.717) is 35.2 Å². The van der Waals surface area contributed by atoms with Crippen molar-refractivity contribution in [3.8, 4) is 39.2 Å². The Morgan fingerprint density at radius 1 is 0.839 bits per heavy atom. The zero-order chi connectivity index (χ0) is 22.4. The molecular weight excluding hydrogens is 416 g/mol. The molecule has 7 heteroatoms. The van der Waals surface area contributed by atoms with Gasteiger partial charge in [0.1, 0.15) is 11.5 Å². The number of methoxy groups -OCH3 is 4. The molecule has 0 atom stereocenters. The van der Waals surface area contributed by atoms with Crippen LogP contribution in [0.3, 0.4) is 0 Å². The molecule has 0 spiro atoms. The molecule has 3 aromatic rings. The molecule has 0 aliphatic rings. The number of hydrogen-bond donors (Lipinski definition) is 0. The van der Waals surface area contributed by atoms with E-state index < -0.39 is 0 Å². The molecule has 0 aliphatic heterocycles. The molecule has 0 saturated carbocycles. The van der Waals surface area contributed by atoms with Gasteiger partial charge in [-0.15, -0.1) is 11.3 Å². The molecular formula is C24H24O6S. The Hall–Kier alpha value is -3.45.